The molecule has 1 atom stereocenters. The summed E-state index contributed by atoms with van der Waals surface area (Å²) in [5.41, 5.74) is 2.56. The first kappa shape index (κ1) is 19.2. The molecule has 1 amide bonds. The minimum atomic E-state index is -0.525. The number of nitrogens with one attached hydrogen (secondary N) is 1. The molecule has 0 aliphatic heterocycles. The average Bonchev–Trinajstić information content (AvgIpc) is 2.62. The zero-order chi connectivity index (χ0) is 18.1. The molecule has 1 N–H and O–H groups in total. The Morgan fingerprint density at radius 3 is 2.56 bits per heavy atom. The molecule has 1 aromatic carbocycles. The summed E-state index contributed by atoms with van der Waals surface area (Å²) >= 11 is 0. The second-order valence-electron chi connectivity index (χ2n) is 6.76. The Morgan fingerprint density at radius 2 is 1.92 bits per heavy atom. The molecule has 0 heterocycles. The van der Waals surface area contributed by atoms with E-state index in [1.54, 1.807) is 13.8 Å². The fourth-order valence-electron chi connectivity index (χ4n) is 2.93. The van der Waals surface area contributed by atoms with Crippen LogP contribution in [0.25, 0.3) is 0 Å². The molecule has 0 saturated heterocycles. The molecule has 1 aliphatic carbocycles. The van der Waals surface area contributed by atoms with Crippen LogP contribution in [0.15, 0.2) is 35.9 Å². The van der Waals surface area contributed by atoms with Gasteiger partial charge in [0.2, 0.25) is 0 Å². The van der Waals surface area contributed by atoms with Crippen molar-refractivity contribution in [3.8, 4) is 5.75 Å². The van der Waals surface area contributed by atoms with Crippen LogP contribution in [-0.4, -0.2) is 24.3 Å². The van der Waals surface area contributed by atoms with E-state index in [0.29, 0.717) is 18.7 Å². The molecule has 4 nitrogen and oxygen atoms in total. The zero-order valence-electron chi connectivity index (χ0n) is 15.3. The maximum absolute atomic E-state index is 12.1. The highest BCUT2D eigenvalue weighted by atomic mass is 16.5. The highest BCUT2D eigenvalue weighted by Gasteiger charge is 2.14. The van der Waals surface area contributed by atoms with Gasteiger partial charge in [-0.3, -0.25) is 4.79 Å². The second kappa shape index (κ2) is 10.0. The molecule has 1 unspecified atom stereocenters. The Balaban J connectivity index is 1.72. The summed E-state index contributed by atoms with van der Waals surface area (Å²) < 4.78 is 5.71. The topological polar surface area (TPSA) is 55.4 Å². The molecule has 4 heteroatoms. The van der Waals surface area contributed by atoms with E-state index in [4.69, 9.17) is 4.74 Å². The van der Waals surface area contributed by atoms with E-state index in [2.05, 4.69) is 11.4 Å². The van der Waals surface area contributed by atoms with E-state index in [-0.39, 0.29) is 11.7 Å². The van der Waals surface area contributed by atoms with Crippen LogP contribution >= 0.6 is 0 Å². The molecule has 0 aromatic heterocycles. The smallest absolute Gasteiger partial charge is 0.260 e. The standard InChI is InChI=1S/C21H29NO3/c1-16(23)8-9-19-10-12-20(13-11-19)25-17(2)21(24)22-15-14-18-6-4-3-5-7-18/h6,10-13,17H,3-5,7-9,14-15H2,1-2H3,(H,22,24). The Labute approximate surface area is 150 Å². The van der Waals surface area contributed by atoms with Gasteiger partial charge >= 0.3 is 0 Å². The third-order valence-electron chi connectivity index (χ3n) is 4.50. The fourth-order valence-corrected chi connectivity index (χ4v) is 2.93. The summed E-state index contributed by atoms with van der Waals surface area (Å²) in [7, 11) is 0. The molecule has 2 rings (SSSR count). The van der Waals surface area contributed by atoms with Gasteiger partial charge in [0, 0.05) is 13.0 Å². The van der Waals surface area contributed by atoms with Gasteiger partial charge in [0.15, 0.2) is 6.10 Å². The maximum atomic E-state index is 12.1. The highest BCUT2D eigenvalue weighted by Crippen LogP contribution is 2.19. The molecule has 1 aliphatic rings. The van der Waals surface area contributed by atoms with E-state index in [1.165, 1.54) is 24.8 Å². The van der Waals surface area contributed by atoms with Crippen LogP contribution in [0.4, 0.5) is 0 Å². The molecular formula is C21H29NO3. The van der Waals surface area contributed by atoms with Crippen molar-refractivity contribution in [3.63, 3.8) is 0 Å². The van der Waals surface area contributed by atoms with Crippen LogP contribution in [0, 0.1) is 0 Å². The molecular weight excluding hydrogens is 314 g/mol. The first-order valence-corrected chi connectivity index (χ1v) is 9.25. The van der Waals surface area contributed by atoms with Crippen molar-refractivity contribution in [1.29, 1.82) is 0 Å². The summed E-state index contributed by atoms with van der Waals surface area (Å²) in [6.45, 7) is 4.03. The van der Waals surface area contributed by atoms with Gasteiger partial charge in [0.05, 0.1) is 0 Å². The van der Waals surface area contributed by atoms with E-state index in [9.17, 15) is 9.59 Å². The lowest BCUT2D eigenvalue weighted by molar-refractivity contribution is -0.127. The number of aryl methyl sites for hydroxylation is 1. The number of carbonyl (C=O) groups is 2. The Hall–Kier alpha value is -2.10. The van der Waals surface area contributed by atoms with Crippen LogP contribution in [0.3, 0.4) is 0 Å². The third-order valence-corrected chi connectivity index (χ3v) is 4.50. The molecule has 0 radical (unpaired) electrons. The third kappa shape index (κ3) is 7.12. The number of carbonyl (C=O) groups excluding carboxylic acids is 2. The number of hydrogen-bond donors (Lipinski definition) is 1. The molecule has 25 heavy (non-hydrogen) atoms. The van der Waals surface area contributed by atoms with Crippen LogP contribution in [0.1, 0.15) is 57.9 Å². The van der Waals surface area contributed by atoms with Gasteiger partial charge in [0.25, 0.3) is 5.91 Å². The van der Waals surface area contributed by atoms with Gasteiger partial charge in [-0.1, -0.05) is 23.8 Å². The minimum absolute atomic E-state index is 0.0861. The van der Waals surface area contributed by atoms with Crippen molar-refractivity contribution in [2.24, 2.45) is 0 Å². The highest BCUT2D eigenvalue weighted by molar-refractivity contribution is 5.80. The number of hydrogen-bond acceptors (Lipinski definition) is 3. The van der Waals surface area contributed by atoms with Crippen molar-refractivity contribution < 1.29 is 14.3 Å². The van der Waals surface area contributed by atoms with Gasteiger partial charge < -0.3 is 14.8 Å². The number of benzene rings is 1. The summed E-state index contributed by atoms with van der Waals surface area (Å²) in [4.78, 5) is 23.2. The fraction of sp³-hybridized carbons (Fsp3) is 0.524. The van der Waals surface area contributed by atoms with E-state index < -0.39 is 6.10 Å². The largest absolute Gasteiger partial charge is 0.481 e. The van der Waals surface area contributed by atoms with Gasteiger partial charge in [-0.15, -0.1) is 0 Å². The van der Waals surface area contributed by atoms with Gasteiger partial charge in [0.1, 0.15) is 11.5 Å². The van der Waals surface area contributed by atoms with Gasteiger partial charge in [-0.25, -0.2) is 0 Å². The van der Waals surface area contributed by atoms with Crippen molar-refractivity contribution in [2.75, 3.05) is 6.54 Å². The predicted octanol–water partition coefficient (Wildman–Crippen LogP) is 3.98. The van der Waals surface area contributed by atoms with Crippen molar-refractivity contribution >= 4 is 11.7 Å². The molecule has 0 spiro atoms. The monoisotopic (exact) mass is 343 g/mol. The number of ketones is 1. The first-order valence-electron chi connectivity index (χ1n) is 9.25. The van der Waals surface area contributed by atoms with E-state index in [1.807, 2.05) is 24.3 Å². The van der Waals surface area contributed by atoms with Crippen molar-refractivity contribution in [2.45, 2.75) is 64.9 Å². The molecule has 1 aromatic rings. The Bertz CT molecular complexity index is 604. The van der Waals surface area contributed by atoms with Crippen LogP contribution in [0.5, 0.6) is 5.75 Å². The van der Waals surface area contributed by atoms with Crippen molar-refractivity contribution in [1.82, 2.24) is 5.32 Å². The number of Topliss-reactive ketones (excluding diaryl/α,β-unsaturated/α-hetero) is 1. The Kier molecular flexibility index (Phi) is 7.71. The molecule has 136 valence electrons. The van der Waals surface area contributed by atoms with Crippen molar-refractivity contribution in [3.05, 3.63) is 41.5 Å². The lowest BCUT2D eigenvalue weighted by atomic mass is 9.97. The summed E-state index contributed by atoms with van der Waals surface area (Å²) in [5.74, 6) is 0.774. The lowest BCUT2D eigenvalue weighted by Crippen LogP contribution is -2.36. The van der Waals surface area contributed by atoms with Crippen LogP contribution in [0.2, 0.25) is 0 Å². The maximum Gasteiger partial charge on any atom is 0.260 e. The zero-order valence-corrected chi connectivity index (χ0v) is 15.3. The summed E-state index contributed by atoms with van der Waals surface area (Å²) in [5, 5.41) is 2.95. The van der Waals surface area contributed by atoms with Crippen LogP contribution < -0.4 is 10.1 Å². The van der Waals surface area contributed by atoms with Gasteiger partial charge in [-0.05, 0) is 70.1 Å². The number of allylic oxidation sites excluding steroid dienone is 1. The second-order valence-corrected chi connectivity index (χ2v) is 6.76. The SMILES string of the molecule is CC(=O)CCc1ccc(OC(C)C(=O)NCCC2=CCCCC2)cc1. The lowest BCUT2D eigenvalue weighted by Gasteiger charge is -2.16. The molecule has 0 saturated carbocycles. The van der Waals surface area contributed by atoms with Gasteiger partial charge in [-0.2, -0.15) is 0 Å². The average molecular weight is 343 g/mol. The Morgan fingerprint density at radius 1 is 1.16 bits per heavy atom. The molecule has 0 bridgehead atoms. The summed E-state index contributed by atoms with van der Waals surface area (Å²) in [6, 6.07) is 7.59. The minimum Gasteiger partial charge on any atom is -0.481 e. The van der Waals surface area contributed by atoms with E-state index in [0.717, 1.165) is 24.8 Å². The predicted molar refractivity (Wildman–Crippen MR) is 99.7 cm³/mol. The number of rotatable bonds is 9. The van der Waals surface area contributed by atoms with E-state index >= 15 is 0 Å². The molecule has 0 fully saturated rings. The van der Waals surface area contributed by atoms with Crippen LogP contribution in [-0.2, 0) is 16.0 Å². The number of ether oxygens (including phenoxy) is 1. The summed E-state index contributed by atoms with van der Waals surface area (Å²) in [6.07, 6.45) is 8.89. The normalized spacial score (nSPS) is 15.2. The first-order chi connectivity index (χ1) is 12.0. The number of amides is 1. The quantitative estimate of drug-likeness (QED) is 0.690.